The summed E-state index contributed by atoms with van der Waals surface area (Å²) in [7, 11) is -5.69. The summed E-state index contributed by atoms with van der Waals surface area (Å²) in [6.07, 6.45) is 1.68. The first kappa shape index (κ1) is 16.2. The third kappa shape index (κ3) is 3.16. The number of rotatable bonds is 3. The normalized spacial score (nSPS) is 22.3. The summed E-state index contributed by atoms with van der Waals surface area (Å²) < 4.78 is 49.4. The van der Waals surface area contributed by atoms with Crippen LogP contribution in [0.15, 0.2) is 21.6 Å². The van der Waals surface area contributed by atoms with E-state index in [0.29, 0.717) is 4.47 Å². The molecule has 1 aliphatic rings. The minimum atomic E-state index is -3.88. The third-order valence-electron chi connectivity index (χ3n) is 3.15. The van der Waals surface area contributed by atoms with Gasteiger partial charge < -0.3 is 0 Å². The Morgan fingerprint density at radius 2 is 2.15 bits per heavy atom. The van der Waals surface area contributed by atoms with Crippen LogP contribution >= 0.6 is 27.5 Å². The van der Waals surface area contributed by atoms with E-state index < -0.39 is 25.9 Å². The van der Waals surface area contributed by atoms with Crippen LogP contribution in [0, 0.1) is 0 Å². The zero-order valence-corrected chi connectivity index (χ0v) is 14.4. The number of hydrogen-bond donors (Lipinski definition) is 0. The largest absolute Gasteiger partial charge is 0.246 e. The van der Waals surface area contributed by atoms with Crippen LogP contribution in [-0.2, 0) is 19.9 Å². The van der Waals surface area contributed by atoms with E-state index in [1.165, 1.54) is 19.3 Å². The van der Waals surface area contributed by atoms with E-state index in [1.807, 2.05) is 0 Å². The predicted octanol–water partition coefficient (Wildman–Crippen LogP) is 1.31. The quantitative estimate of drug-likeness (QED) is 0.710. The summed E-state index contributed by atoms with van der Waals surface area (Å²) in [5, 5.41) is -0.138. The Morgan fingerprint density at radius 1 is 1.50 bits per heavy atom. The van der Waals surface area contributed by atoms with Gasteiger partial charge in [-0.1, -0.05) is 11.6 Å². The van der Waals surface area contributed by atoms with E-state index in [2.05, 4.69) is 20.9 Å². The molecule has 0 aliphatic carbocycles. The van der Waals surface area contributed by atoms with Crippen molar-refractivity contribution in [3.63, 3.8) is 0 Å². The van der Waals surface area contributed by atoms with Gasteiger partial charge in [0.1, 0.15) is 10.0 Å². The second kappa shape index (κ2) is 5.53. The molecule has 0 N–H and O–H groups in total. The Kier molecular flexibility index (Phi) is 4.46. The molecule has 1 unspecified atom stereocenters. The fourth-order valence-corrected chi connectivity index (χ4v) is 6.17. The first-order valence-corrected chi connectivity index (χ1v) is 10.1. The maximum absolute atomic E-state index is 12.5. The van der Waals surface area contributed by atoms with Crippen molar-refractivity contribution in [3.05, 3.63) is 21.9 Å². The Hall–Kier alpha value is -0.220. The Morgan fingerprint density at radius 3 is 2.70 bits per heavy atom. The monoisotopic (exact) mass is 402 g/mol. The molecule has 1 fully saturated rings. The molecule has 112 valence electrons. The molecule has 1 atom stereocenters. The van der Waals surface area contributed by atoms with Gasteiger partial charge >= 0.3 is 0 Å². The lowest BCUT2D eigenvalue weighted by Gasteiger charge is -2.23. The molecule has 1 saturated heterocycles. The molecule has 0 radical (unpaired) electrons. The Labute approximate surface area is 131 Å². The summed E-state index contributed by atoms with van der Waals surface area (Å²) in [6, 6.07) is 0.782. The Bertz CT molecular complexity index is 736. The van der Waals surface area contributed by atoms with Crippen molar-refractivity contribution < 1.29 is 16.8 Å². The molecule has 1 aromatic rings. The molecule has 0 aromatic carbocycles. The second-order valence-electron chi connectivity index (χ2n) is 4.52. The van der Waals surface area contributed by atoms with Gasteiger partial charge in [0.25, 0.3) is 0 Å². The van der Waals surface area contributed by atoms with E-state index in [4.69, 9.17) is 11.6 Å². The number of sulfone groups is 1. The summed E-state index contributed by atoms with van der Waals surface area (Å²) in [5.74, 6) is -0.163. The number of hydrogen-bond acceptors (Lipinski definition) is 5. The molecule has 10 heteroatoms. The van der Waals surface area contributed by atoms with Crippen molar-refractivity contribution in [2.24, 2.45) is 0 Å². The van der Waals surface area contributed by atoms with Crippen LogP contribution in [0.1, 0.15) is 6.42 Å². The smallest absolute Gasteiger partial charge is 0.242 e. The molecule has 0 amide bonds. The molecule has 0 spiro atoms. The van der Waals surface area contributed by atoms with Gasteiger partial charge in [-0.05, 0) is 28.4 Å². The predicted molar refractivity (Wildman–Crippen MR) is 79.0 cm³/mol. The highest BCUT2D eigenvalue weighted by molar-refractivity contribution is 9.10. The fourth-order valence-electron chi connectivity index (χ4n) is 2.00. The van der Waals surface area contributed by atoms with Crippen LogP contribution in [0.2, 0.25) is 5.15 Å². The number of halogens is 2. The molecule has 20 heavy (non-hydrogen) atoms. The van der Waals surface area contributed by atoms with Gasteiger partial charge in [-0.2, -0.15) is 4.31 Å². The topological polar surface area (TPSA) is 84.4 Å². The van der Waals surface area contributed by atoms with E-state index in [-0.39, 0.29) is 28.0 Å². The SMILES string of the molecule is CN(C1CCS(=O)(=O)C1)S(=O)(=O)c1cc(Br)cnc1Cl. The van der Waals surface area contributed by atoms with Crippen LogP contribution in [0.3, 0.4) is 0 Å². The van der Waals surface area contributed by atoms with Crippen LogP contribution < -0.4 is 0 Å². The summed E-state index contributed by atoms with van der Waals surface area (Å²) in [6.45, 7) is 0. The molecular formula is C10H12BrClN2O4S2. The lowest BCUT2D eigenvalue weighted by molar-refractivity contribution is 0.394. The van der Waals surface area contributed by atoms with E-state index >= 15 is 0 Å². The standard InChI is InChI=1S/C10H12BrClN2O4S2/c1-14(8-2-3-19(15,16)6-8)20(17,18)9-4-7(11)5-13-10(9)12/h4-5,8H,2-3,6H2,1H3. The molecule has 1 aromatic heterocycles. The van der Waals surface area contributed by atoms with Crippen molar-refractivity contribution >= 4 is 47.4 Å². The summed E-state index contributed by atoms with van der Waals surface area (Å²) in [5.41, 5.74) is 0. The average Bonchev–Trinajstić information content (AvgIpc) is 2.71. The number of nitrogens with zero attached hydrogens (tertiary/aromatic N) is 2. The summed E-state index contributed by atoms with van der Waals surface area (Å²) in [4.78, 5) is 3.64. The second-order valence-corrected chi connectivity index (χ2v) is 9.99. The van der Waals surface area contributed by atoms with Crippen molar-refractivity contribution in [2.45, 2.75) is 17.4 Å². The lowest BCUT2D eigenvalue weighted by atomic mass is 10.3. The van der Waals surface area contributed by atoms with Crippen molar-refractivity contribution in [1.82, 2.24) is 9.29 Å². The van der Waals surface area contributed by atoms with Crippen LogP contribution in [0.25, 0.3) is 0 Å². The maximum Gasteiger partial charge on any atom is 0.246 e. The van der Waals surface area contributed by atoms with Gasteiger partial charge in [0.2, 0.25) is 10.0 Å². The highest BCUT2D eigenvalue weighted by atomic mass is 79.9. The van der Waals surface area contributed by atoms with E-state index in [0.717, 1.165) is 4.31 Å². The van der Waals surface area contributed by atoms with Crippen LogP contribution in [0.5, 0.6) is 0 Å². The fraction of sp³-hybridized carbons (Fsp3) is 0.500. The van der Waals surface area contributed by atoms with Gasteiger partial charge in [-0.25, -0.2) is 21.8 Å². The van der Waals surface area contributed by atoms with Gasteiger partial charge in [0, 0.05) is 23.8 Å². The molecule has 2 heterocycles. The highest BCUT2D eigenvalue weighted by Gasteiger charge is 2.37. The molecule has 6 nitrogen and oxygen atoms in total. The molecule has 0 bridgehead atoms. The van der Waals surface area contributed by atoms with Crippen LogP contribution in [-0.4, -0.2) is 50.7 Å². The first-order chi connectivity index (χ1) is 9.13. The van der Waals surface area contributed by atoms with Crippen LogP contribution in [0.4, 0.5) is 0 Å². The van der Waals surface area contributed by atoms with Gasteiger partial charge in [0.15, 0.2) is 9.84 Å². The summed E-state index contributed by atoms with van der Waals surface area (Å²) >= 11 is 8.97. The molecule has 0 saturated carbocycles. The first-order valence-electron chi connectivity index (χ1n) is 5.63. The van der Waals surface area contributed by atoms with Gasteiger partial charge in [0.05, 0.1) is 11.5 Å². The van der Waals surface area contributed by atoms with Gasteiger partial charge in [-0.3, -0.25) is 0 Å². The zero-order chi connectivity index (χ0) is 15.1. The van der Waals surface area contributed by atoms with Crippen molar-refractivity contribution in [1.29, 1.82) is 0 Å². The van der Waals surface area contributed by atoms with E-state index in [1.54, 1.807) is 0 Å². The van der Waals surface area contributed by atoms with Gasteiger partial charge in [-0.15, -0.1) is 0 Å². The number of sulfonamides is 1. The number of pyridine rings is 1. The average molecular weight is 404 g/mol. The molecular weight excluding hydrogens is 392 g/mol. The molecule has 1 aliphatic heterocycles. The van der Waals surface area contributed by atoms with E-state index in [9.17, 15) is 16.8 Å². The minimum Gasteiger partial charge on any atom is -0.242 e. The zero-order valence-electron chi connectivity index (χ0n) is 10.5. The lowest BCUT2D eigenvalue weighted by Crippen LogP contribution is -2.38. The minimum absolute atomic E-state index is 0.00198. The molecule has 2 rings (SSSR count). The van der Waals surface area contributed by atoms with Crippen molar-refractivity contribution in [2.75, 3.05) is 18.6 Å². The van der Waals surface area contributed by atoms with Crippen molar-refractivity contribution in [3.8, 4) is 0 Å². The maximum atomic E-state index is 12.5. The highest BCUT2D eigenvalue weighted by Crippen LogP contribution is 2.28. The third-order valence-corrected chi connectivity index (χ3v) is 7.67. The Balaban J connectivity index is 2.38. The number of aromatic nitrogens is 1.